The van der Waals surface area contributed by atoms with Gasteiger partial charge < -0.3 is 14.2 Å². The van der Waals surface area contributed by atoms with Crippen LogP contribution >= 0.6 is 0 Å². The third-order valence-corrected chi connectivity index (χ3v) is 7.59. The molecule has 1 aromatic carbocycles. The molecular formula is C22H31N3O3S. The van der Waals surface area contributed by atoms with Crippen molar-refractivity contribution >= 4 is 9.84 Å². The maximum atomic E-state index is 12.9. The van der Waals surface area contributed by atoms with Crippen LogP contribution < -0.4 is 0 Å². The Balaban J connectivity index is 1.48. The maximum Gasteiger partial charge on any atom is 0.227 e. The molecule has 0 unspecified atom stereocenters. The minimum atomic E-state index is -3.36. The van der Waals surface area contributed by atoms with Gasteiger partial charge in [-0.2, -0.15) is 0 Å². The van der Waals surface area contributed by atoms with E-state index in [-0.39, 0.29) is 17.0 Å². The Bertz CT molecular complexity index is 901. The quantitative estimate of drug-likeness (QED) is 0.595. The first-order valence-corrected chi connectivity index (χ1v) is 12.3. The first kappa shape index (κ1) is 20.6. The smallest absolute Gasteiger partial charge is 0.227 e. The molecule has 29 heavy (non-hydrogen) atoms. The highest BCUT2D eigenvalue weighted by Gasteiger charge is 2.33. The highest BCUT2D eigenvalue weighted by Crippen LogP contribution is 2.32. The van der Waals surface area contributed by atoms with Crippen molar-refractivity contribution in [2.45, 2.75) is 56.5 Å². The minimum absolute atomic E-state index is 0.0763. The fourth-order valence-electron chi connectivity index (χ4n) is 3.94. The van der Waals surface area contributed by atoms with E-state index in [0.29, 0.717) is 19.0 Å². The Morgan fingerprint density at radius 2 is 2.00 bits per heavy atom. The molecule has 4 rings (SSSR count). The van der Waals surface area contributed by atoms with E-state index in [9.17, 15) is 8.42 Å². The Morgan fingerprint density at radius 1 is 1.21 bits per heavy atom. The summed E-state index contributed by atoms with van der Waals surface area (Å²) in [4.78, 5) is 6.60. The normalized spacial score (nSPS) is 19.9. The second kappa shape index (κ2) is 8.98. The number of hydrogen-bond donors (Lipinski definition) is 0. The summed E-state index contributed by atoms with van der Waals surface area (Å²) < 4.78 is 33.6. The molecule has 0 N–H and O–H groups in total. The lowest BCUT2D eigenvalue weighted by Crippen LogP contribution is -2.26. The van der Waals surface area contributed by atoms with Crippen molar-refractivity contribution in [3.05, 3.63) is 47.8 Å². The predicted octanol–water partition coefficient (Wildman–Crippen LogP) is 2.92. The summed E-state index contributed by atoms with van der Waals surface area (Å²) in [5, 5.41) is 0.228. The standard InChI is InChI=1S/C22H31N3O3S/c1-24(12-11-18-6-3-2-4-7-18)15-20-14-23-22(29(26,27)17-19-9-10-19)25(20)16-21-8-5-13-28-21/h2-4,6-7,14,19,21H,5,8-13,15-17H2,1H3/t21-/m0/s1. The van der Waals surface area contributed by atoms with Crippen LogP contribution in [0.1, 0.15) is 36.9 Å². The number of nitrogens with zero attached hydrogens (tertiary/aromatic N) is 3. The van der Waals surface area contributed by atoms with Crippen molar-refractivity contribution in [1.82, 2.24) is 14.5 Å². The van der Waals surface area contributed by atoms with Crippen LogP contribution in [0.3, 0.4) is 0 Å². The van der Waals surface area contributed by atoms with Crippen LogP contribution in [0.25, 0.3) is 0 Å². The average molecular weight is 418 g/mol. The lowest BCUT2D eigenvalue weighted by molar-refractivity contribution is 0.0934. The topological polar surface area (TPSA) is 64.4 Å². The van der Waals surface area contributed by atoms with Crippen molar-refractivity contribution in [2.24, 2.45) is 5.92 Å². The fourth-order valence-corrected chi connectivity index (χ4v) is 5.79. The van der Waals surface area contributed by atoms with Crippen LogP contribution in [0, 0.1) is 5.92 Å². The molecule has 158 valence electrons. The first-order chi connectivity index (χ1) is 14.0. The van der Waals surface area contributed by atoms with Crippen molar-refractivity contribution in [1.29, 1.82) is 0 Å². The number of aromatic nitrogens is 2. The first-order valence-electron chi connectivity index (χ1n) is 10.6. The monoisotopic (exact) mass is 417 g/mol. The van der Waals surface area contributed by atoms with Crippen LogP contribution in [0.4, 0.5) is 0 Å². The van der Waals surface area contributed by atoms with Crippen molar-refractivity contribution in [3.63, 3.8) is 0 Å². The summed E-state index contributed by atoms with van der Waals surface area (Å²) in [5.41, 5.74) is 2.25. The van der Waals surface area contributed by atoms with Gasteiger partial charge in [0.15, 0.2) is 0 Å². The van der Waals surface area contributed by atoms with Gasteiger partial charge in [-0.3, -0.25) is 0 Å². The average Bonchev–Trinajstić information content (AvgIpc) is 3.18. The Labute approximate surface area is 173 Å². The number of ether oxygens (including phenoxy) is 1. The number of sulfone groups is 1. The lowest BCUT2D eigenvalue weighted by atomic mass is 10.1. The Kier molecular flexibility index (Phi) is 6.37. The summed E-state index contributed by atoms with van der Waals surface area (Å²) in [6.45, 7) is 2.90. The molecule has 2 aromatic rings. The van der Waals surface area contributed by atoms with Gasteiger partial charge in [-0.15, -0.1) is 0 Å². The van der Waals surface area contributed by atoms with E-state index in [0.717, 1.165) is 50.9 Å². The third-order valence-electron chi connectivity index (χ3n) is 5.80. The van der Waals surface area contributed by atoms with Gasteiger partial charge in [0.25, 0.3) is 0 Å². The molecule has 1 saturated heterocycles. The molecule has 2 fully saturated rings. The molecule has 1 atom stereocenters. The summed E-state index contributed by atoms with van der Waals surface area (Å²) in [5.74, 6) is 0.531. The molecule has 0 radical (unpaired) electrons. The van der Waals surface area contributed by atoms with Crippen LogP contribution in [0.15, 0.2) is 41.7 Å². The molecule has 6 nitrogen and oxygen atoms in total. The number of hydrogen-bond acceptors (Lipinski definition) is 5. The van der Waals surface area contributed by atoms with E-state index in [2.05, 4.69) is 41.2 Å². The molecule has 2 aliphatic rings. The zero-order valence-electron chi connectivity index (χ0n) is 17.2. The van der Waals surface area contributed by atoms with E-state index in [1.54, 1.807) is 6.20 Å². The van der Waals surface area contributed by atoms with Crippen molar-refractivity contribution in [2.75, 3.05) is 26.0 Å². The van der Waals surface area contributed by atoms with Crippen molar-refractivity contribution < 1.29 is 13.2 Å². The second-order valence-electron chi connectivity index (χ2n) is 8.48. The number of likely N-dealkylation sites (N-methyl/N-ethyl adjacent to an activating group) is 1. The molecule has 0 bridgehead atoms. The van der Waals surface area contributed by atoms with Crippen LogP contribution in [0.2, 0.25) is 0 Å². The fraction of sp³-hybridized carbons (Fsp3) is 0.591. The SMILES string of the molecule is CN(CCc1ccccc1)Cc1cnc(S(=O)(=O)CC2CC2)n1C[C@@H]1CCCO1. The van der Waals surface area contributed by atoms with E-state index in [1.807, 2.05) is 10.6 Å². The predicted molar refractivity (Wildman–Crippen MR) is 112 cm³/mol. The third kappa shape index (κ3) is 5.47. The van der Waals surface area contributed by atoms with Crippen LogP contribution in [-0.4, -0.2) is 54.9 Å². The summed E-state index contributed by atoms with van der Waals surface area (Å²) in [6, 6.07) is 10.4. The van der Waals surface area contributed by atoms with Crippen LogP contribution in [-0.2, 0) is 34.1 Å². The second-order valence-corrected chi connectivity index (χ2v) is 10.4. The molecule has 1 aromatic heterocycles. The molecule has 2 heterocycles. The molecule has 1 saturated carbocycles. The van der Waals surface area contributed by atoms with Gasteiger partial charge in [0.1, 0.15) is 0 Å². The van der Waals surface area contributed by atoms with E-state index in [1.165, 1.54) is 5.56 Å². The summed E-state index contributed by atoms with van der Waals surface area (Å²) >= 11 is 0. The van der Waals surface area contributed by atoms with E-state index < -0.39 is 9.84 Å². The van der Waals surface area contributed by atoms with E-state index >= 15 is 0 Å². The molecule has 1 aliphatic heterocycles. The highest BCUT2D eigenvalue weighted by molar-refractivity contribution is 7.91. The number of imidazole rings is 1. The number of rotatable bonds is 10. The summed E-state index contributed by atoms with van der Waals surface area (Å²) in [7, 11) is -1.29. The van der Waals surface area contributed by atoms with Gasteiger partial charge in [-0.25, -0.2) is 13.4 Å². The molecule has 1 aliphatic carbocycles. The van der Waals surface area contributed by atoms with Gasteiger partial charge in [0.05, 0.1) is 30.3 Å². The molecule has 7 heteroatoms. The van der Waals surface area contributed by atoms with E-state index in [4.69, 9.17) is 4.74 Å². The van der Waals surface area contributed by atoms with Gasteiger partial charge in [-0.1, -0.05) is 30.3 Å². The molecule has 0 amide bonds. The molecular weight excluding hydrogens is 386 g/mol. The Morgan fingerprint density at radius 3 is 2.69 bits per heavy atom. The lowest BCUT2D eigenvalue weighted by Gasteiger charge is -2.20. The Hall–Kier alpha value is -1.70. The van der Waals surface area contributed by atoms with Crippen molar-refractivity contribution in [3.8, 4) is 0 Å². The highest BCUT2D eigenvalue weighted by atomic mass is 32.2. The minimum Gasteiger partial charge on any atom is -0.376 e. The zero-order chi connectivity index (χ0) is 20.3. The maximum absolute atomic E-state index is 12.9. The van der Waals surface area contributed by atoms with Gasteiger partial charge in [0, 0.05) is 19.7 Å². The van der Waals surface area contributed by atoms with Gasteiger partial charge in [-0.05, 0) is 50.6 Å². The van der Waals surface area contributed by atoms with Gasteiger partial charge in [0.2, 0.25) is 15.0 Å². The summed E-state index contributed by atoms with van der Waals surface area (Å²) in [6.07, 6.45) is 6.83. The van der Waals surface area contributed by atoms with Crippen LogP contribution in [0.5, 0.6) is 0 Å². The zero-order valence-corrected chi connectivity index (χ0v) is 18.0. The molecule has 0 spiro atoms. The largest absolute Gasteiger partial charge is 0.376 e. The van der Waals surface area contributed by atoms with Gasteiger partial charge >= 0.3 is 0 Å². The number of benzene rings is 1.